The van der Waals surface area contributed by atoms with E-state index in [2.05, 4.69) is 35.9 Å². The number of halogens is 1. The van der Waals surface area contributed by atoms with Crippen molar-refractivity contribution in [2.24, 2.45) is 7.05 Å². The number of aromatic nitrogens is 5. The van der Waals surface area contributed by atoms with E-state index in [-0.39, 0.29) is 0 Å². The SMILES string of the molecule is COc1ccc2cc(CN3CCN(c4ncnc5c4cnn5C)CC3)c(Cl)nc2c1. The monoisotopic (exact) mass is 423 g/mol. The molecule has 1 aliphatic heterocycles. The van der Waals surface area contributed by atoms with E-state index in [1.54, 1.807) is 18.1 Å². The van der Waals surface area contributed by atoms with Gasteiger partial charge in [0.1, 0.15) is 23.0 Å². The first-order valence-electron chi connectivity index (χ1n) is 9.85. The Hall–Kier alpha value is -2.97. The summed E-state index contributed by atoms with van der Waals surface area (Å²) in [5.41, 5.74) is 2.74. The molecule has 5 rings (SSSR count). The van der Waals surface area contributed by atoms with Crippen LogP contribution in [0.3, 0.4) is 0 Å². The van der Waals surface area contributed by atoms with Gasteiger partial charge in [-0.2, -0.15) is 5.10 Å². The molecule has 30 heavy (non-hydrogen) atoms. The molecule has 1 fully saturated rings. The maximum absolute atomic E-state index is 6.49. The summed E-state index contributed by atoms with van der Waals surface area (Å²) < 4.78 is 7.06. The fourth-order valence-electron chi connectivity index (χ4n) is 3.97. The van der Waals surface area contributed by atoms with Crippen LogP contribution in [0.2, 0.25) is 5.15 Å². The van der Waals surface area contributed by atoms with E-state index in [0.717, 1.165) is 71.8 Å². The lowest BCUT2D eigenvalue weighted by Crippen LogP contribution is -2.46. The molecule has 1 saturated heterocycles. The third kappa shape index (κ3) is 3.42. The highest BCUT2D eigenvalue weighted by Gasteiger charge is 2.22. The molecule has 0 N–H and O–H groups in total. The van der Waals surface area contributed by atoms with Crippen LogP contribution < -0.4 is 9.64 Å². The Labute approximate surface area is 179 Å². The molecule has 4 heterocycles. The fourth-order valence-corrected chi connectivity index (χ4v) is 4.17. The van der Waals surface area contributed by atoms with Crippen molar-refractivity contribution in [3.8, 4) is 5.75 Å². The van der Waals surface area contributed by atoms with Crippen molar-refractivity contribution in [1.82, 2.24) is 29.6 Å². The number of piperazine rings is 1. The number of methoxy groups -OCH3 is 1. The highest BCUT2D eigenvalue weighted by Crippen LogP contribution is 2.27. The third-order valence-electron chi connectivity index (χ3n) is 5.63. The van der Waals surface area contributed by atoms with Crippen molar-refractivity contribution in [3.63, 3.8) is 0 Å². The molecule has 0 unspecified atom stereocenters. The van der Waals surface area contributed by atoms with Crippen molar-refractivity contribution < 1.29 is 4.74 Å². The third-order valence-corrected chi connectivity index (χ3v) is 5.95. The molecule has 0 radical (unpaired) electrons. The zero-order chi connectivity index (χ0) is 20.7. The van der Waals surface area contributed by atoms with Gasteiger partial charge in [0.25, 0.3) is 0 Å². The van der Waals surface area contributed by atoms with Gasteiger partial charge in [0.2, 0.25) is 0 Å². The maximum Gasteiger partial charge on any atom is 0.163 e. The van der Waals surface area contributed by atoms with Gasteiger partial charge >= 0.3 is 0 Å². The number of benzene rings is 1. The largest absolute Gasteiger partial charge is 0.497 e. The Morgan fingerprint density at radius 3 is 2.73 bits per heavy atom. The van der Waals surface area contributed by atoms with E-state index in [0.29, 0.717) is 5.15 Å². The minimum Gasteiger partial charge on any atom is -0.497 e. The summed E-state index contributed by atoms with van der Waals surface area (Å²) in [6.45, 7) is 4.38. The molecule has 1 aromatic carbocycles. The molecule has 0 amide bonds. The van der Waals surface area contributed by atoms with Gasteiger partial charge < -0.3 is 9.64 Å². The van der Waals surface area contributed by atoms with Gasteiger partial charge in [-0.25, -0.2) is 15.0 Å². The van der Waals surface area contributed by atoms with Crippen molar-refractivity contribution >= 4 is 39.4 Å². The smallest absolute Gasteiger partial charge is 0.163 e. The first kappa shape index (κ1) is 19.0. The van der Waals surface area contributed by atoms with Crippen molar-refractivity contribution in [3.05, 3.63) is 47.5 Å². The molecular weight excluding hydrogens is 402 g/mol. The summed E-state index contributed by atoms with van der Waals surface area (Å²) in [6.07, 6.45) is 3.45. The second-order valence-corrected chi connectivity index (χ2v) is 7.82. The molecule has 154 valence electrons. The van der Waals surface area contributed by atoms with Gasteiger partial charge in [-0.05, 0) is 18.2 Å². The Kier molecular flexibility index (Phi) is 4.88. The topological polar surface area (TPSA) is 72.2 Å². The first-order chi connectivity index (χ1) is 14.6. The van der Waals surface area contributed by atoms with Crippen molar-refractivity contribution in [1.29, 1.82) is 0 Å². The molecule has 0 aliphatic carbocycles. The van der Waals surface area contributed by atoms with E-state index >= 15 is 0 Å². The van der Waals surface area contributed by atoms with Crippen LogP contribution in [-0.2, 0) is 13.6 Å². The quantitative estimate of drug-likeness (QED) is 0.467. The lowest BCUT2D eigenvalue weighted by atomic mass is 10.1. The molecule has 0 spiro atoms. The summed E-state index contributed by atoms with van der Waals surface area (Å²) in [4.78, 5) is 18.1. The maximum atomic E-state index is 6.49. The molecule has 0 saturated carbocycles. The normalized spacial score (nSPS) is 15.2. The molecule has 1 aliphatic rings. The summed E-state index contributed by atoms with van der Waals surface area (Å²) in [6, 6.07) is 8.00. The van der Waals surface area contributed by atoms with Crippen LogP contribution in [0.4, 0.5) is 5.82 Å². The number of hydrogen-bond donors (Lipinski definition) is 0. The number of aryl methyl sites for hydroxylation is 1. The lowest BCUT2D eigenvalue weighted by molar-refractivity contribution is 0.249. The van der Waals surface area contributed by atoms with Crippen LogP contribution in [0, 0.1) is 0 Å². The lowest BCUT2D eigenvalue weighted by Gasteiger charge is -2.35. The zero-order valence-corrected chi connectivity index (χ0v) is 17.7. The van der Waals surface area contributed by atoms with Gasteiger partial charge in [-0.1, -0.05) is 11.6 Å². The van der Waals surface area contributed by atoms with Gasteiger partial charge in [0, 0.05) is 56.8 Å². The Balaban J connectivity index is 1.31. The van der Waals surface area contributed by atoms with Crippen LogP contribution in [0.15, 0.2) is 36.8 Å². The standard InChI is InChI=1S/C21H22ClN7O/c1-27-20-17(11-25-27)21(24-13-23-20)29-7-5-28(6-8-29)12-15-9-14-3-4-16(30-2)10-18(14)26-19(15)22/h3-4,9-11,13H,5-8,12H2,1-2H3. The van der Waals surface area contributed by atoms with Gasteiger partial charge in [0.15, 0.2) is 5.65 Å². The van der Waals surface area contributed by atoms with E-state index in [9.17, 15) is 0 Å². The Bertz CT molecular complexity index is 1220. The van der Waals surface area contributed by atoms with Crippen LogP contribution in [0.25, 0.3) is 21.9 Å². The van der Waals surface area contributed by atoms with Crippen molar-refractivity contribution in [2.75, 3.05) is 38.2 Å². The average molecular weight is 424 g/mol. The second-order valence-electron chi connectivity index (χ2n) is 7.46. The number of fused-ring (bicyclic) bond motifs is 2. The minimum atomic E-state index is 0.547. The molecule has 4 aromatic rings. The Morgan fingerprint density at radius 2 is 1.93 bits per heavy atom. The molecule has 8 nitrogen and oxygen atoms in total. The Morgan fingerprint density at radius 1 is 1.10 bits per heavy atom. The average Bonchev–Trinajstić information content (AvgIpc) is 3.15. The predicted molar refractivity (Wildman–Crippen MR) is 117 cm³/mol. The van der Waals surface area contributed by atoms with Gasteiger partial charge in [-0.3, -0.25) is 9.58 Å². The molecular formula is C21H22ClN7O. The highest BCUT2D eigenvalue weighted by molar-refractivity contribution is 6.30. The van der Waals surface area contributed by atoms with Crippen LogP contribution in [0.5, 0.6) is 5.75 Å². The van der Waals surface area contributed by atoms with Crippen LogP contribution >= 0.6 is 11.6 Å². The summed E-state index contributed by atoms with van der Waals surface area (Å²) in [5, 5.41) is 6.92. The van der Waals surface area contributed by atoms with E-state index in [1.807, 2.05) is 31.4 Å². The van der Waals surface area contributed by atoms with Crippen LogP contribution in [0.1, 0.15) is 5.56 Å². The highest BCUT2D eigenvalue weighted by atomic mass is 35.5. The summed E-state index contributed by atoms with van der Waals surface area (Å²) in [5.74, 6) is 1.73. The summed E-state index contributed by atoms with van der Waals surface area (Å²) >= 11 is 6.49. The summed E-state index contributed by atoms with van der Waals surface area (Å²) in [7, 11) is 3.55. The fraction of sp³-hybridized carbons (Fsp3) is 0.333. The first-order valence-corrected chi connectivity index (χ1v) is 10.2. The number of rotatable bonds is 4. The van der Waals surface area contributed by atoms with Gasteiger partial charge in [-0.15, -0.1) is 0 Å². The number of anilines is 1. The van der Waals surface area contributed by atoms with E-state index in [1.165, 1.54) is 0 Å². The van der Waals surface area contributed by atoms with Gasteiger partial charge in [0.05, 0.1) is 24.2 Å². The minimum absolute atomic E-state index is 0.547. The van der Waals surface area contributed by atoms with E-state index < -0.39 is 0 Å². The molecule has 3 aromatic heterocycles. The number of nitrogens with zero attached hydrogens (tertiary/aromatic N) is 7. The second kappa shape index (κ2) is 7.70. The van der Waals surface area contributed by atoms with Crippen LogP contribution in [-0.4, -0.2) is 62.9 Å². The molecule has 0 atom stereocenters. The molecule has 9 heteroatoms. The number of ether oxygens (including phenoxy) is 1. The zero-order valence-electron chi connectivity index (χ0n) is 16.9. The van der Waals surface area contributed by atoms with Crippen molar-refractivity contribution in [2.45, 2.75) is 6.54 Å². The predicted octanol–water partition coefficient (Wildman–Crippen LogP) is 2.90. The number of hydrogen-bond acceptors (Lipinski definition) is 7. The number of pyridine rings is 1. The van der Waals surface area contributed by atoms with E-state index in [4.69, 9.17) is 16.3 Å². The molecule has 0 bridgehead atoms.